The van der Waals surface area contributed by atoms with Crippen LogP contribution in [0.5, 0.6) is 11.5 Å². The molecule has 0 atom stereocenters. The van der Waals surface area contributed by atoms with E-state index in [4.69, 9.17) is 13.9 Å². The summed E-state index contributed by atoms with van der Waals surface area (Å²) in [4.78, 5) is 28.2. The van der Waals surface area contributed by atoms with Crippen LogP contribution in [0.2, 0.25) is 0 Å². The number of hydrogen-bond donors (Lipinski definition) is 1. The molecule has 2 amide bonds. The number of anilines is 1. The molecule has 1 fully saturated rings. The van der Waals surface area contributed by atoms with Gasteiger partial charge in [-0.2, -0.15) is 0 Å². The number of carbonyl (C=O) groups excluding carboxylic acids is 2. The van der Waals surface area contributed by atoms with Crippen molar-refractivity contribution in [3.63, 3.8) is 0 Å². The molecule has 1 N–H and O–H groups in total. The van der Waals surface area contributed by atoms with Gasteiger partial charge in [0, 0.05) is 45.2 Å². The topological polar surface area (TPSA) is 84.3 Å². The van der Waals surface area contributed by atoms with Crippen molar-refractivity contribution in [3.05, 3.63) is 42.4 Å². The standard InChI is InChI=1S/C20H25N3O5/c1-26-15-5-6-16(18(14-15)27-2)21-8-7-19(24)22-9-11-23(12-10-22)20(25)17-4-3-13-28-17/h3-6,13-14,21H,7-12H2,1-2H3. The first kappa shape index (κ1) is 19.6. The number of piperazine rings is 1. The minimum Gasteiger partial charge on any atom is -0.497 e. The normalized spacial score (nSPS) is 13.9. The van der Waals surface area contributed by atoms with Crippen molar-refractivity contribution >= 4 is 17.5 Å². The molecule has 8 nitrogen and oxygen atoms in total. The zero-order valence-electron chi connectivity index (χ0n) is 16.1. The summed E-state index contributed by atoms with van der Waals surface area (Å²) >= 11 is 0. The average Bonchev–Trinajstić information content (AvgIpc) is 3.28. The number of furan rings is 1. The lowest BCUT2D eigenvalue weighted by Gasteiger charge is -2.34. The maximum Gasteiger partial charge on any atom is 0.289 e. The Hall–Kier alpha value is -3.16. The molecule has 0 spiro atoms. The van der Waals surface area contributed by atoms with Gasteiger partial charge in [-0.15, -0.1) is 0 Å². The van der Waals surface area contributed by atoms with Crippen molar-refractivity contribution in [2.24, 2.45) is 0 Å². The zero-order chi connectivity index (χ0) is 19.9. The number of nitrogens with one attached hydrogen (secondary N) is 1. The number of amides is 2. The molecule has 0 unspecified atom stereocenters. The second-order valence-corrected chi connectivity index (χ2v) is 6.39. The van der Waals surface area contributed by atoms with Crippen LogP contribution in [0, 0.1) is 0 Å². The first-order chi connectivity index (χ1) is 13.6. The monoisotopic (exact) mass is 387 g/mol. The highest BCUT2D eigenvalue weighted by Gasteiger charge is 2.25. The molecule has 8 heteroatoms. The zero-order valence-corrected chi connectivity index (χ0v) is 16.1. The van der Waals surface area contributed by atoms with E-state index in [1.54, 1.807) is 42.2 Å². The lowest BCUT2D eigenvalue weighted by atomic mass is 10.2. The average molecular weight is 387 g/mol. The minimum atomic E-state index is -0.134. The van der Waals surface area contributed by atoms with Gasteiger partial charge in [0.15, 0.2) is 5.76 Å². The Morgan fingerprint density at radius 2 is 1.82 bits per heavy atom. The van der Waals surface area contributed by atoms with Crippen molar-refractivity contribution in [3.8, 4) is 11.5 Å². The van der Waals surface area contributed by atoms with Crippen LogP contribution in [0.15, 0.2) is 41.0 Å². The third kappa shape index (κ3) is 4.57. The molecule has 0 aliphatic carbocycles. The summed E-state index contributed by atoms with van der Waals surface area (Å²) in [5.74, 6) is 1.63. The molecule has 150 valence electrons. The van der Waals surface area contributed by atoms with Crippen LogP contribution in [0.3, 0.4) is 0 Å². The van der Waals surface area contributed by atoms with E-state index in [1.165, 1.54) is 6.26 Å². The number of benzene rings is 1. The number of rotatable bonds is 7. The van der Waals surface area contributed by atoms with Crippen LogP contribution in [0.25, 0.3) is 0 Å². The molecule has 0 bridgehead atoms. The summed E-state index contributed by atoms with van der Waals surface area (Å²) in [6, 6.07) is 8.83. The predicted octanol–water partition coefficient (Wildman–Crippen LogP) is 2.08. The lowest BCUT2D eigenvalue weighted by Crippen LogP contribution is -2.50. The van der Waals surface area contributed by atoms with Crippen LogP contribution < -0.4 is 14.8 Å². The van der Waals surface area contributed by atoms with Crippen molar-refractivity contribution in [2.75, 3.05) is 52.3 Å². The molecule has 2 heterocycles. The Labute approximate surface area is 164 Å². The van der Waals surface area contributed by atoms with E-state index in [0.717, 1.165) is 5.69 Å². The number of carbonyl (C=O) groups is 2. The fraction of sp³-hybridized carbons (Fsp3) is 0.400. The Morgan fingerprint density at radius 1 is 1.07 bits per heavy atom. The number of methoxy groups -OCH3 is 2. The second-order valence-electron chi connectivity index (χ2n) is 6.39. The first-order valence-corrected chi connectivity index (χ1v) is 9.19. The fourth-order valence-corrected chi connectivity index (χ4v) is 3.12. The molecule has 1 saturated heterocycles. The van der Waals surface area contributed by atoms with Gasteiger partial charge in [-0.05, 0) is 24.3 Å². The molecule has 1 aromatic heterocycles. The van der Waals surface area contributed by atoms with Gasteiger partial charge in [0.2, 0.25) is 5.91 Å². The van der Waals surface area contributed by atoms with Gasteiger partial charge < -0.3 is 29.0 Å². The number of nitrogens with zero attached hydrogens (tertiary/aromatic N) is 2. The molecule has 3 rings (SSSR count). The van der Waals surface area contributed by atoms with E-state index >= 15 is 0 Å². The van der Waals surface area contributed by atoms with E-state index in [2.05, 4.69) is 5.32 Å². The summed E-state index contributed by atoms with van der Waals surface area (Å²) in [7, 11) is 3.19. The summed E-state index contributed by atoms with van der Waals surface area (Å²) in [5.41, 5.74) is 0.810. The van der Waals surface area contributed by atoms with Crippen LogP contribution in [-0.2, 0) is 4.79 Å². The van der Waals surface area contributed by atoms with Crippen molar-refractivity contribution in [1.82, 2.24) is 9.80 Å². The molecule has 0 saturated carbocycles. The first-order valence-electron chi connectivity index (χ1n) is 9.19. The Morgan fingerprint density at radius 3 is 2.46 bits per heavy atom. The van der Waals surface area contributed by atoms with Crippen LogP contribution >= 0.6 is 0 Å². The Balaban J connectivity index is 1.44. The highest BCUT2D eigenvalue weighted by molar-refractivity contribution is 5.91. The summed E-state index contributed by atoms with van der Waals surface area (Å²) in [6.45, 7) is 2.55. The highest BCUT2D eigenvalue weighted by Crippen LogP contribution is 2.28. The van der Waals surface area contributed by atoms with Gasteiger partial charge in [0.25, 0.3) is 5.91 Å². The minimum absolute atomic E-state index is 0.0603. The Kier molecular flexibility index (Phi) is 6.41. The molecule has 2 aromatic rings. The fourth-order valence-electron chi connectivity index (χ4n) is 3.12. The largest absolute Gasteiger partial charge is 0.497 e. The van der Waals surface area contributed by atoms with Crippen LogP contribution in [-0.4, -0.2) is 68.6 Å². The maximum atomic E-state index is 12.5. The van der Waals surface area contributed by atoms with E-state index in [-0.39, 0.29) is 11.8 Å². The van der Waals surface area contributed by atoms with Gasteiger partial charge in [-0.3, -0.25) is 9.59 Å². The van der Waals surface area contributed by atoms with Crippen molar-refractivity contribution < 1.29 is 23.5 Å². The van der Waals surface area contributed by atoms with E-state index in [0.29, 0.717) is 56.4 Å². The van der Waals surface area contributed by atoms with E-state index < -0.39 is 0 Å². The summed E-state index contributed by atoms with van der Waals surface area (Å²) < 4.78 is 15.7. The van der Waals surface area contributed by atoms with Crippen molar-refractivity contribution in [1.29, 1.82) is 0 Å². The SMILES string of the molecule is COc1ccc(NCCC(=O)N2CCN(C(=O)c3ccco3)CC2)c(OC)c1. The highest BCUT2D eigenvalue weighted by atomic mass is 16.5. The number of ether oxygens (including phenoxy) is 2. The van der Waals surface area contributed by atoms with Gasteiger partial charge in [-0.25, -0.2) is 0 Å². The van der Waals surface area contributed by atoms with Crippen molar-refractivity contribution in [2.45, 2.75) is 6.42 Å². The maximum absolute atomic E-state index is 12.5. The smallest absolute Gasteiger partial charge is 0.289 e. The third-order valence-corrected chi connectivity index (χ3v) is 4.71. The van der Waals surface area contributed by atoms with Gasteiger partial charge >= 0.3 is 0 Å². The van der Waals surface area contributed by atoms with Crippen LogP contribution in [0.4, 0.5) is 5.69 Å². The quantitative estimate of drug-likeness (QED) is 0.783. The van der Waals surface area contributed by atoms with E-state index in [9.17, 15) is 9.59 Å². The van der Waals surface area contributed by atoms with E-state index in [1.807, 2.05) is 12.1 Å². The molecular formula is C20H25N3O5. The summed E-state index contributed by atoms with van der Waals surface area (Å²) in [5, 5.41) is 3.23. The van der Waals surface area contributed by atoms with Gasteiger partial charge in [-0.1, -0.05) is 0 Å². The molecule has 1 aromatic carbocycles. The Bertz CT molecular complexity index is 798. The molecule has 28 heavy (non-hydrogen) atoms. The number of hydrogen-bond acceptors (Lipinski definition) is 6. The molecule has 1 aliphatic rings. The lowest BCUT2D eigenvalue weighted by molar-refractivity contribution is -0.132. The predicted molar refractivity (Wildman–Crippen MR) is 104 cm³/mol. The molecule has 0 radical (unpaired) electrons. The van der Waals surface area contributed by atoms with Gasteiger partial charge in [0.05, 0.1) is 26.2 Å². The molecular weight excluding hydrogens is 362 g/mol. The molecule has 1 aliphatic heterocycles. The van der Waals surface area contributed by atoms with Crippen LogP contribution in [0.1, 0.15) is 17.0 Å². The second kappa shape index (κ2) is 9.16. The van der Waals surface area contributed by atoms with Gasteiger partial charge in [0.1, 0.15) is 11.5 Å². The third-order valence-electron chi connectivity index (χ3n) is 4.71. The summed E-state index contributed by atoms with van der Waals surface area (Å²) in [6.07, 6.45) is 1.85.